The largest absolute Gasteiger partial charge is 0.397 e. The Morgan fingerprint density at radius 2 is 1.27 bits per heavy atom. The van der Waals surface area contributed by atoms with Gasteiger partial charge in [0.2, 0.25) is 5.78 Å². The number of aldehydes is 1. The van der Waals surface area contributed by atoms with E-state index in [1.165, 1.54) is 85.3 Å². The summed E-state index contributed by atoms with van der Waals surface area (Å²) < 4.78 is 38.6. The number of benzene rings is 3. The van der Waals surface area contributed by atoms with E-state index in [-0.39, 0.29) is 49.8 Å². The van der Waals surface area contributed by atoms with Crippen molar-refractivity contribution in [1.29, 1.82) is 0 Å². The Morgan fingerprint density at radius 3 is 1.79 bits per heavy atom. The van der Waals surface area contributed by atoms with Crippen LogP contribution in [-0.4, -0.2) is 42.0 Å². The minimum Gasteiger partial charge on any atom is -0.397 e. The van der Waals surface area contributed by atoms with Crippen molar-refractivity contribution in [3.63, 3.8) is 0 Å². The van der Waals surface area contributed by atoms with Gasteiger partial charge in [-0.15, -0.1) is 0 Å². The average molecular weight is 942 g/mol. The van der Waals surface area contributed by atoms with Crippen LogP contribution in [0.15, 0.2) is 110 Å². The van der Waals surface area contributed by atoms with Crippen LogP contribution in [0.1, 0.15) is 43.8 Å². The van der Waals surface area contributed by atoms with Gasteiger partial charge in [0, 0.05) is 41.9 Å². The molecule has 13 nitrogen and oxygen atoms in total. The first-order valence-corrected chi connectivity index (χ1v) is 17.3. The summed E-state index contributed by atoms with van der Waals surface area (Å²) >= 11 is 18.6. The third-order valence-electron chi connectivity index (χ3n) is 6.64. The van der Waals surface area contributed by atoms with Crippen LogP contribution in [0.25, 0.3) is 0 Å². The molecule has 20 heteroatoms. The van der Waals surface area contributed by atoms with Crippen molar-refractivity contribution in [2.45, 2.75) is 6.10 Å². The molecule has 1 unspecified atom stereocenters. The van der Waals surface area contributed by atoms with Crippen LogP contribution < -0.4 is 5.73 Å². The zero-order chi connectivity index (χ0) is 41.5. The summed E-state index contributed by atoms with van der Waals surface area (Å²) in [7, 11) is 0. The van der Waals surface area contributed by atoms with Crippen molar-refractivity contribution < 1.29 is 37.7 Å². The van der Waals surface area contributed by atoms with E-state index in [1.807, 2.05) is 0 Å². The fourth-order valence-electron chi connectivity index (χ4n) is 4.16. The summed E-state index contributed by atoms with van der Waals surface area (Å²) in [6, 6.07) is 19.8. The van der Waals surface area contributed by atoms with Crippen LogP contribution in [0.4, 0.5) is 30.2 Å². The van der Waals surface area contributed by atoms with E-state index >= 15 is 0 Å². The second kappa shape index (κ2) is 21.5. The van der Waals surface area contributed by atoms with Gasteiger partial charge in [0.25, 0.3) is 5.69 Å². The van der Waals surface area contributed by atoms with Gasteiger partial charge in [0.15, 0.2) is 9.39 Å². The summed E-state index contributed by atoms with van der Waals surface area (Å²) in [5, 5.41) is 31.9. The van der Waals surface area contributed by atoms with Gasteiger partial charge >= 0.3 is 5.69 Å². The quantitative estimate of drug-likeness (QED) is 0.0385. The van der Waals surface area contributed by atoms with E-state index in [4.69, 9.17) is 40.5 Å². The summed E-state index contributed by atoms with van der Waals surface area (Å²) in [4.78, 5) is 53.3. The number of nitrogens with zero attached hydrogens (tertiary/aromatic N) is 5. The number of rotatable bonds is 7. The number of nitrogen functional groups attached to an aromatic ring is 1. The molecule has 3 aromatic heterocycles. The number of hydrogen-bond donors (Lipinski definition) is 2. The van der Waals surface area contributed by atoms with E-state index in [0.717, 1.165) is 18.2 Å². The average Bonchev–Trinajstić information content (AvgIpc) is 3.16. The number of halogens is 7. The molecule has 0 aliphatic rings. The number of carbonyl (C=O) groups excluding carboxylic acids is 2. The van der Waals surface area contributed by atoms with Crippen LogP contribution in [0.5, 0.6) is 0 Å². The fraction of sp³-hybridized carbons (Fsp3) is 0.0278. The molecule has 6 aromatic rings. The number of ketones is 1. The third-order valence-corrected chi connectivity index (χ3v) is 8.09. The lowest BCUT2D eigenvalue weighted by molar-refractivity contribution is -0.386. The molecule has 0 fully saturated rings. The summed E-state index contributed by atoms with van der Waals surface area (Å²) in [5.41, 5.74) is 5.98. The monoisotopic (exact) mass is 940 g/mol. The molecule has 0 aliphatic carbocycles. The van der Waals surface area contributed by atoms with Gasteiger partial charge in [-0.2, -0.15) is 0 Å². The molecule has 288 valence electrons. The second-order valence-corrected chi connectivity index (χ2v) is 12.9. The minimum absolute atomic E-state index is 0.0573. The lowest BCUT2D eigenvalue weighted by atomic mass is 10.0. The van der Waals surface area contributed by atoms with Crippen molar-refractivity contribution in [2.75, 3.05) is 5.73 Å². The van der Waals surface area contributed by atoms with Gasteiger partial charge in [-0.1, -0.05) is 71.2 Å². The molecule has 3 N–H and O–H groups in total. The molecular formula is C36H23Cl3F3IN6O7. The standard InChI is InChI=1S/C12H8ClFN2O3.C12H8ClFN2O.C7H5FO.C5H2ClIN2O2/c13-8-5-10(16(18)19)11(15-6-8)12(17)7-2-1-3-9(14)4-7;13-8-5-10(15)11(16-6-8)12(17)7-2-1-3-9(14)4-7;8-7-3-1-2-6(4-7)5-9;6-3-1-4(9(10)11)5(7)8-2-3/h1-6,12,17H;1-6H,15H2;1-5H;1-2H. The first kappa shape index (κ1) is 44.8. The zero-order valence-electron chi connectivity index (χ0n) is 27.9. The van der Waals surface area contributed by atoms with E-state index < -0.39 is 39.1 Å². The van der Waals surface area contributed by atoms with E-state index in [2.05, 4.69) is 15.0 Å². The Morgan fingerprint density at radius 1 is 0.750 bits per heavy atom. The van der Waals surface area contributed by atoms with Crippen LogP contribution in [0, 0.1) is 41.4 Å². The van der Waals surface area contributed by atoms with Crippen molar-refractivity contribution in [3.05, 3.63) is 194 Å². The molecule has 0 bridgehead atoms. The maximum atomic E-state index is 13.1. The highest BCUT2D eigenvalue weighted by molar-refractivity contribution is 14.1. The first-order valence-electron chi connectivity index (χ1n) is 15.1. The highest BCUT2D eigenvalue weighted by atomic mass is 127. The van der Waals surface area contributed by atoms with Gasteiger partial charge in [0.05, 0.1) is 30.6 Å². The Bertz CT molecular complexity index is 2380. The first-order chi connectivity index (χ1) is 26.5. The Kier molecular flexibility index (Phi) is 17.2. The molecule has 0 amide bonds. The Hall–Kier alpha value is -5.60. The number of anilines is 1. The van der Waals surface area contributed by atoms with Crippen LogP contribution in [0.2, 0.25) is 15.1 Å². The molecular weight excluding hydrogens is 919 g/mol. The highest BCUT2D eigenvalue weighted by Crippen LogP contribution is 2.30. The molecule has 3 aromatic carbocycles. The van der Waals surface area contributed by atoms with Crippen LogP contribution in [0.3, 0.4) is 0 Å². The Labute approximate surface area is 343 Å². The lowest BCUT2D eigenvalue weighted by Gasteiger charge is -2.10. The zero-order valence-corrected chi connectivity index (χ0v) is 32.3. The number of carbonyl (C=O) groups is 2. The predicted octanol–water partition coefficient (Wildman–Crippen LogP) is 9.44. The second-order valence-electron chi connectivity index (χ2n) is 10.6. The summed E-state index contributed by atoms with van der Waals surface area (Å²) in [6.45, 7) is 0. The number of pyridine rings is 3. The van der Waals surface area contributed by atoms with Crippen LogP contribution in [-0.2, 0) is 0 Å². The van der Waals surface area contributed by atoms with Gasteiger partial charge in [-0.25, -0.2) is 28.1 Å². The van der Waals surface area contributed by atoms with Crippen LogP contribution >= 0.6 is 57.4 Å². The maximum Gasteiger partial charge on any atom is 0.302 e. The van der Waals surface area contributed by atoms with Crippen molar-refractivity contribution in [1.82, 2.24) is 15.0 Å². The molecule has 3 heterocycles. The minimum atomic E-state index is -1.40. The van der Waals surface area contributed by atoms with E-state index in [1.54, 1.807) is 28.7 Å². The molecule has 0 spiro atoms. The van der Waals surface area contributed by atoms with Crippen molar-refractivity contribution in [3.8, 4) is 0 Å². The molecule has 0 radical (unpaired) electrons. The maximum absolute atomic E-state index is 13.1. The number of aliphatic hydroxyl groups excluding tert-OH is 1. The van der Waals surface area contributed by atoms with Gasteiger partial charge in [-0.3, -0.25) is 29.8 Å². The number of aliphatic hydroxyl groups is 1. The highest BCUT2D eigenvalue weighted by Gasteiger charge is 2.24. The van der Waals surface area contributed by atoms with Gasteiger partial charge in [0.1, 0.15) is 35.5 Å². The number of hydrogen-bond acceptors (Lipinski definition) is 11. The normalized spacial score (nSPS) is 10.6. The van der Waals surface area contributed by atoms with E-state index in [0.29, 0.717) is 20.6 Å². The lowest BCUT2D eigenvalue weighted by Crippen LogP contribution is -2.08. The third kappa shape index (κ3) is 13.6. The summed E-state index contributed by atoms with van der Waals surface area (Å²) in [5.74, 6) is -1.84. The fourth-order valence-corrected chi connectivity index (χ4v) is 5.12. The molecule has 6 rings (SSSR count). The molecule has 56 heavy (non-hydrogen) atoms. The van der Waals surface area contributed by atoms with Gasteiger partial charge in [-0.05, 0) is 70.6 Å². The SMILES string of the molecule is Nc1cc(Cl)cnc1C(=O)c1cccc(F)c1.O=Cc1cccc(F)c1.O=[N+]([O-])c1cc(Cl)cnc1C(O)c1cccc(F)c1.O=[N+]([O-])c1cc(Cl)cnc1I. The molecule has 1 atom stereocenters. The smallest absolute Gasteiger partial charge is 0.302 e. The van der Waals surface area contributed by atoms with Gasteiger partial charge < -0.3 is 10.8 Å². The Balaban J connectivity index is 0.000000209. The van der Waals surface area contributed by atoms with Crippen molar-refractivity contribution >= 4 is 86.5 Å². The summed E-state index contributed by atoms with van der Waals surface area (Å²) in [6.07, 6.45) is 3.10. The van der Waals surface area contributed by atoms with Crippen molar-refractivity contribution in [2.24, 2.45) is 0 Å². The number of aromatic nitrogens is 3. The van der Waals surface area contributed by atoms with E-state index in [9.17, 15) is 48.1 Å². The molecule has 0 aliphatic heterocycles. The molecule has 0 saturated carbocycles. The molecule has 0 saturated heterocycles. The number of nitrogens with two attached hydrogens (primary N) is 1. The predicted molar refractivity (Wildman–Crippen MR) is 210 cm³/mol. The topological polar surface area (TPSA) is 205 Å². The number of nitro groups is 2.